The molecule has 0 bridgehead atoms. The summed E-state index contributed by atoms with van der Waals surface area (Å²) in [6.45, 7) is 8.84. The summed E-state index contributed by atoms with van der Waals surface area (Å²) in [5, 5.41) is 11.4. The largest absolute Gasteiger partial charge is 0.480 e. The monoisotopic (exact) mass is 272 g/mol. The number of ether oxygens (including phenoxy) is 1. The lowest BCUT2D eigenvalue weighted by atomic mass is 10.4. The molecule has 0 atom stereocenters. The number of nitrogens with zero attached hydrogens (tertiary/aromatic N) is 1. The minimum Gasteiger partial charge on any atom is -0.480 e. The zero-order valence-electron chi connectivity index (χ0n) is 11.7. The number of rotatable bonds is 11. The van der Waals surface area contributed by atoms with Gasteiger partial charge < -0.3 is 15.2 Å². The van der Waals surface area contributed by atoms with Crippen LogP contribution < -0.4 is 5.32 Å². The second-order valence-corrected chi connectivity index (χ2v) is 4.48. The van der Waals surface area contributed by atoms with Crippen LogP contribution in [-0.2, 0) is 14.3 Å². The van der Waals surface area contributed by atoms with E-state index in [0.29, 0.717) is 19.7 Å². The maximum atomic E-state index is 11.6. The van der Waals surface area contributed by atoms with Crippen molar-refractivity contribution in [2.24, 2.45) is 0 Å². The van der Waals surface area contributed by atoms with Gasteiger partial charge in [0.1, 0.15) is 0 Å². The second-order valence-electron chi connectivity index (χ2n) is 4.48. The number of carboxylic acid groups (broad SMARTS) is 1. The first-order valence-corrected chi connectivity index (χ1v) is 6.39. The van der Waals surface area contributed by atoms with E-state index in [1.165, 1.54) is 4.90 Å². The quantitative estimate of drug-likeness (QED) is 0.423. The number of carboxylic acids is 1. The highest BCUT2D eigenvalue weighted by Gasteiger charge is 2.12. The SMILES string of the molecule is C=CCN(CC(=O)O)CC(=O)NCCCOC(C)C. The van der Waals surface area contributed by atoms with Gasteiger partial charge in [-0.25, -0.2) is 0 Å². The second kappa shape index (κ2) is 10.5. The number of nitrogens with one attached hydrogen (secondary N) is 1. The Morgan fingerprint density at radius 2 is 2.11 bits per heavy atom. The van der Waals surface area contributed by atoms with Gasteiger partial charge in [0.15, 0.2) is 0 Å². The van der Waals surface area contributed by atoms with Crippen molar-refractivity contribution in [1.82, 2.24) is 10.2 Å². The van der Waals surface area contributed by atoms with Crippen molar-refractivity contribution in [3.05, 3.63) is 12.7 Å². The summed E-state index contributed by atoms with van der Waals surface area (Å²) in [7, 11) is 0. The molecule has 19 heavy (non-hydrogen) atoms. The van der Waals surface area contributed by atoms with Crippen molar-refractivity contribution in [1.29, 1.82) is 0 Å². The molecule has 0 aliphatic rings. The normalized spacial score (nSPS) is 10.7. The molecule has 0 fully saturated rings. The molecule has 0 saturated carbocycles. The first-order valence-electron chi connectivity index (χ1n) is 6.39. The van der Waals surface area contributed by atoms with Crippen molar-refractivity contribution in [2.75, 3.05) is 32.8 Å². The van der Waals surface area contributed by atoms with Gasteiger partial charge in [-0.1, -0.05) is 6.08 Å². The number of carbonyl (C=O) groups is 2. The predicted molar refractivity (Wildman–Crippen MR) is 73.0 cm³/mol. The van der Waals surface area contributed by atoms with Crippen LogP contribution in [0.2, 0.25) is 0 Å². The molecule has 6 nitrogen and oxygen atoms in total. The van der Waals surface area contributed by atoms with Gasteiger partial charge in [-0.3, -0.25) is 14.5 Å². The third kappa shape index (κ3) is 11.4. The van der Waals surface area contributed by atoms with Crippen LogP contribution in [0.3, 0.4) is 0 Å². The van der Waals surface area contributed by atoms with E-state index in [4.69, 9.17) is 9.84 Å². The summed E-state index contributed by atoms with van der Waals surface area (Å²) in [4.78, 5) is 23.7. The molecule has 0 unspecified atom stereocenters. The number of carbonyl (C=O) groups excluding carboxylic acids is 1. The Kier molecular flexibility index (Phi) is 9.74. The van der Waals surface area contributed by atoms with E-state index in [9.17, 15) is 9.59 Å². The van der Waals surface area contributed by atoms with Crippen molar-refractivity contribution < 1.29 is 19.4 Å². The molecule has 0 aromatic carbocycles. The highest BCUT2D eigenvalue weighted by Crippen LogP contribution is 1.91. The number of aliphatic carboxylic acids is 1. The molecule has 0 aromatic heterocycles. The van der Waals surface area contributed by atoms with E-state index >= 15 is 0 Å². The van der Waals surface area contributed by atoms with Crippen LogP contribution in [0.4, 0.5) is 0 Å². The number of hydrogen-bond acceptors (Lipinski definition) is 4. The molecule has 0 rings (SSSR count). The first-order chi connectivity index (χ1) is 8.95. The third-order valence-electron chi connectivity index (χ3n) is 2.21. The zero-order valence-corrected chi connectivity index (χ0v) is 11.7. The van der Waals surface area contributed by atoms with Gasteiger partial charge in [0, 0.05) is 19.7 Å². The maximum absolute atomic E-state index is 11.6. The molecular formula is C13H24N2O4. The van der Waals surface area contributed by atoms with Crippen LogP contribution in [0, 0.1) is 0 Å². The van der Waals surface area contributed by atoms with Gasteiger partial charge >= 0.3 is 5.97 Å². The van der Waals surface area contributed by atoms with E-state index in [2.05, 4.69) is 11.9 Å². The fourth-order valence-corrected chi connectivity index (χ4v) is 1.44. The lowest BCUT2D eigenvalue weighted by Gasteiger charge is -2.17. The molecule has 0 heterocycles. The Morgan fingerprint density at radius 3 is 2.63 bits per heavy atom. The molecule has 0 saturated heterocycles. The molecule has 0 spiro atoms. The lowest BCUT2D eigenvalue weighted by molar-refractivity contribution is -0.138. The first kappa shape index (κ1) is 17.6. The van der Waals surface area contributed by atoms with Crippen molar-refractivity contribution in [3.63, 3.8) is 0 Å². The Bertz CT molecular complexity index is 292. The van der Waals surface area contributed by atoms with Crippen LogP contribution in [0.25, 0.3) is 0 Å². The van der Waals surface area contributed by atoms with Crippen molar-refractivity contribution >= 4 is 11.9 Å². The molecule has 6 heteroatoms. The average molecular weight is 272 g/mol. The molecular weight excluding hydrogens is 248 g/mol. The summed E-state index contributed by atoms with van der Waals surface area (Å²) in [5.74, 6) is -1.15. The highest BCUT2D eigenvalue weighted by molar-refractivity contribution is 5.79. The summed E-state index contributed by atoms with van der Waals surface area (Å²) >= 11 is 0. The Morgan fingerprint density at radius 1 is 1.42 bits per heavy atom. The van der Waals surface area contributed by atoms with Crippen LogP contribution in [0.15, 0.2) is 12.7 Å². The third-order valence-corrected chi connectivity index (χ3v) is 2.21. The summed E-state index contributed by atoms with van der Waals surface area (Å²) in [6, 6.07) is 0. The minimum atomic E-state index is -0.958. The van der Waals surface area contributed by atoms with E-state index in [1.54, 1.807) is 6.08 Å². The Balaban J connectivity index is 3.80. The molecule has 0 aliphatic carbocycles. The zero-order chi connectivity index (χ0) is 14.7. The molecule has 110 valence electrons. The summed E-state index contributed by atoms with van der Waals surface area (Å²) in [6.07, 6.45) is 2.51. The van der Waals surface area contributed by atoms with E-state index in [0.717, 1.165) is 6.42 Å². The van der Waals surface area contributed by atoms with Crippen molar-refractivity contribution in [3.8, 4) is 0 Å². The topological polar surface area (TPSA) is 78.9 Å². The van der Waals surface area contributed by atoms with E-state index in [1.807, 2.05) is 13.8 Å². The van der Waals surface area contributed by atoms with Gasteiger partial charge in [-0.2, -0.15) is 0 Å². The minimum absolute atomic E-state index is 0.0589. The summed E-state index contributed by atoms with van der Waals surface area (Å²) in [5.41, 5.74) is 0. The van der Waals surface area contributed by atoms with Gasteiger partial charge in [0.2, 0.25) is 5.91 Å². The molecule has 2 N–H and O–H groups in total. The van der Waals surface area contributed by atoms with E-state index in [-0.39, 0.29) is 25.1 Å². The van der Waals surface area contributed by atoms with Gasteiger partial charge in [0.25, 0.3) is 0 Å². The van der Waals surface area contributed by atoms with Gasteiger partial charge in [-0.15, -0.1) is 6.58 Å². The average Bonchev–Trinajstić information content (AvgIpc) is 2.27. The predicted octanol–water partition coefficient (Wildman–Crippen LogP) is 0.490. The maximum Gasteiger partial charge on any atom is 0.317 e. The molecule has 0 radical (unpaired) electrons. The van der Waals surface area contributed by atoms with Crippen LogP contribution in [0.5, 0.6) is 0 Å². The van der Waals surface area contributed by atoms with E-state index < -0.39 is 5.97 Å². The van der Waals surface area contributed by atoms with Crippen LogP contribution in [0.1, 0.15) is 20.3 Å². The molecule has 1 amide bonds. The standard InChI is InChI=1S/C13H24N2O4/c1-4-7-15(10-13(17)18)9-12(16)14-6-5-8-19-11(2)3/h4,11H,1,5-10H2,2-3H3,(H,14,16)(H,17,18). The number of hydrogen-bond donors (Lipinski definition) is 2. The highest BCUT2D eigenvalue weighted by atomic mass is 16.5. The van der Waals surface area contributed by atoms with Gasteiger partial charge in [0.05, 0.1) is 19.2 Å². The summed E-state index contributed by atoms with van der Waals surface area (Å²) < 4.78 is 5.34. The Labute approximate surface area is 114 Å². The van der Waals surface area contributed by atoms with Crippen LogP contribution >= 0.6 is 0 Å². The molecule has 0 aliphatic heterocycles. The van der Waals surface area contributed by atoms with Crippen LogP contribution in [-0.4, -0.2) is 60.8 Å². The Hall–Kier alpha value is -1.40. The number of amides is 1. The van der Waals surface area contributed by atoms with Gasteiger partial charge in [-0.05, 0) is 20.3 Å². The fraction of sp³-hybridized carbons (Fsp3) is 0.692. The molecule has 0 aromatic rings. The smallest absolute Gasteiger partial charge is 0.317 e. The van der Waals surface area contributed by atoms with Crippen molar-refractivity contribution in [2.45, 2.75) is 26.4 Å². The lowest BCUT2D eigenvalue weighted by Crippen LogP contribution is -2.40. The fourth-order valence-electron chi connectivity index (χ4n) is 1.44.